The molecule has 0 radical (unpaired) electrons. The van der Waals surface area contributed by atoms with Gasteiger partial charge in [0.15, 0.2) is 0 Å². The molecule has 0 N–H and O–H groups in total. The van der Waals surface area contributed by atoms with Gasteiger partial charge in [0.25, 0.3) is 0 Å². The predicted molar refractivity (Wildman–Crippen MR) is 37.7 cm³/mol. The molecule has 2 atom stereocenters. The summed E-state index contributed by atoms with van der Waals surface area (Å²) in [6.07, 6.45) is -0.0764. The van der Waals surface area contributed by atoms with Crippen LogP contribution in [0.1, 0.15) is 13.8 Å². The molecule has 0 heterocycles. The second-order valence-electron chi connectivity index (χ2n) is 2.25. The fourth-order valence-electron chi connectivity index (χ4n) is 0.582. The molecule has 0 unspecified atom stereocenters. The average molecular weight is 146 g/mol. The van der Waals surface area contributed by atoms with Gasteiger partial charge in [-0.15, -0.1) is 0 Å². The third-order valence-corrected chi connectivity index (χ3v) is 1.65. The third kappa shape index (κ3) is 2.35. The highest BCUT2D eigenvalue weighted by atomic mass is 16.5. The first-order valence-corrected chi connectivity index (χ1v) is 3.24. The lowest BCUT2D eigenvalue weighted by Gasteiger charge is -2.15. The molecule has 3 heteroatoms. The standard InChI is InChI=1S/C7H14O3/c1-5(6(2)9-3)7(8)10-4/h5-6H,1-4H3/t5-,6-/m1/s1. The minimum Gasteiger partial charge on any atom is -0.469 e. The van der Waals surface area contributed by atoms with E-state index in [1.54, 1.807) is 14.0 Å². The van der Waals surface area contributed by atoms with Crippen LogP contribution in [0, 0.1) is 5.92 Å². The van der Waals surface area contributed by atoms with Crippen molar-refractivity contribution in [1.29, 1.82) is 0 Å². The first-order chi connectivity index (χ1) is 4.63. The molecule has 0 spiro atoms. The topological polar surface area (TPSA) is 35.5 Å². The molecule has 60 valence electrons. The Kier molecular flexibility index (Phi) is 4.03. The smallest absolute Gasteiger partial charge is 0.311 e. The van der Waals surface area contributed by atoms with Crippen LogP contribution < -0.4 is 0 Å². The van der Waals surface area contributed by atoms with Crippen molar-refractivity contribution in [3.63, 3.8) is 0 Å². The second-order valence-corrected chi connectivity index (χ2v) is 2.25. The summed E-state index contributed by atoms with van der Waals surface area (Å²) in [5, 5.41) is 0. The van der Waals surface area contributed by atoms with Gasteiger partial charge in [0.1, 0.15) is 0 Å². The van der Waals surface area contributed by atoms with Crippen LogP contribution in [0.3, 0.4) is 0 Å². The van der Waals surface area contributed by atoms with Gasteiger partial charge in [-0.2, -0.15) is 0 Å². The number of ether oxygens (including phenoxy) is 2. The van der Waals surface area contributed by atoms with Crippen LogP contribution in [0.2, 0.25) is 0 Å². The first kappa shape index (κ1) is 9.43. The molecule has 3 nitrogen and oxygen atoms in total. The van der Waals surface area contributed by atoms with E-state index in [1.165, 1.54) is 7.11 Å². The third-order valence-electron chi connectivity index (χ3n) is 1.65. The largest absolute Gasteiger partial charge is 0.469 e. The Bertz CT molecular complexity index is 111. The number of methoxy groups -OCH3 is 2. The highest BCUT2D eigenvalue weighted by Crippen LogP contribution is 2.06. The van der Waals surface area contributed by atoms with Gasteiger partial charge in [0.05, 0.1) is 19.1 Å². The molecule has 0 aromatic heterocycles. The highest BCUT2D eigenvalue weighted by molar-refractivity contribution is 5.72. The Balaban J connectivity index is 3.81. The molecule has 0 aliphatic carbocycles. The van der Waals surface area contributed by atoms with Crippen molar-refractivity contribution in [2.75, 3.05) is 14.2 Å². The lowest BCUT2D eigenvalue weighted by molar-refractivity contribution is -0.148. The summed E-state index contributed by atoms with van der Waals surface area (Å²) >= 11 is 0. The van der Waals surface area contributed by atoms with Crippen molar-refractivity contribution < 1.29 is 14.3 Å². The Morgan fingerprint density at radius 2 is 1.80 bits per heavy atom. The van der Waals surface area contributed by atoms with E-state index in [2.05, 4.69) is 4.74 Å². The van der Waals surface area contributed by atoms with Crippen molar-refractivity contribution in [3.05, 3.63) is 0 Å². The summed E-state index contributed by atoms with van der Waals surface area (Å²) in [4.78, 5) is 10.8. The minimum absolute atomic E-state index is 0.0764. The molecule has 0 rings (SSSR count). The zero-order valence-electron chi connectivity index (χ0n) is 6.88. The fraction of sp³-hybridized carbons (Fsp3) is 0.857. The molecule has 10 heavy (non-hydrogen) atoms. The molecule has 0 aliphatic heterocycles. The Labute approximate surface area is 61.3 Å². The Morgan fingerprint density at radius 3 is 2.10 bits per heavy atom. The lowest BCUT2D eigenvalue weighted by atomic mass is 10.1. The van der Waals surface area contributed by atoms with Gasteiger partial charge in [0.2, 0.25) is 0 Å². The molecule has 0 aliphatic rings. The molecule has 0 bridgehead atoms. The van der Waals surface area contributed by atoms with Crippen LogP contribution in [0.4, 0.5) is 0 Å². The van der Waals surface area contributed by atoms with Crippen LogP contribution >= 0.6 is 0 Å². The average Bonchev–Trinajstić information content (AvgIpc) is 2.00. The maximum Gasteiger partial charge on any atom is 0.311 e. The molecule has 0 fully saturated rings. The van der Waals surface area contributed by atoms with Crippen LogP contribution in [0.5, 0.6) is 0 Å². The van der Waals surface area contributed by atoms with Crippen molar-refractivity contribution in [2.45, 2.75) is 20.0 Å². The van der Waals surface area contributed by atoms with Crippen molar-refractivity contribution in [1.82, 2.24) is 0 Å². The number of carbonyl (C=O) groups excluding carboxylic acids is 1. The summed E-state index contributed by atoms with van der Waals surface area (Å²) in [7, 11) is 2.95. The lowest BCUT2D eigenvalue weighted by Crippen LogP contribution is -2.25. The fourth-order valence-corrected chi connectivity index (χ4v) is 0.582. The maximum absolute atomic E-state index is 10.8. The molecule has 0 aromatic carbocycles. The van der Waals surface area contributed by atoms with Crippen molar-refractivity contribution in [3.8, 4) is 0 Å². The summed E-state index contributed by atoms with van der Waals surface area (Å²) in [5.74, 6) is -0.413. The molecule has 0 saturated carbocycles. The number of carbonyl (C=O) groups is 1. The van der Waals surface area contributed by atoms with Crippen molar-refractivity contribution >= 4 is 5.97 Å². The van der Waals surface area contributed by atoms with Crippen molar-refractivity contribution in [2.24, 2.45) is 5.92 Å². The molecular weight excluding hydrogens is 132 g/mol. The van der Waals surface area contributed by atoms with Gasteiger partial charge in [-0.3, -0.25) is 4.79 Å². The van der Waals surface area contributed by atoms with E-state index in [0.717, 1.165) is 0 Å². The Hall–Kier alpha value is -0.570. The monoisotopic (exact) mass is 146 g/mol. The van der Waals surface area contributed by atoms with E-state index >= 15 is 0 Å². The highest BCUT2D eigenvalue weighted by Gasteiger charge is 2.19. The van der Waals surface area contributed by atoms with Gasteiger partial charge >= 0.3 is 5.97 Å². The van der Waals surface area contributed by atoms with Crippen LogP contribution in [0.25, 0.3) is 0 Å². The quantitative estimate of drug-likeness (QED) is 0.553. The van der Waals surface area contributed by atoms with E-state index in [1.807, 2.05) is 6.92 Å². The predicted octanol–water partition coefficient (Wildman–Crippen LogP) is 0.830. The van der Waals surface area contributed by atoms with E-state index in [9.17, 15) is 4.79 Å². The van der Waals surface area contributed by atoms with Gasteiger partial charge in [-0.05, 0) is 13.8 Å². The van der Waals surface area contributed by atoms with Crippen LogP contribution in [-0.2, 0) is 14.3 Å². The summed E-state index contributed by atoms with van der Waals surface area (Å²) < 4.78 is 9.45. The maximum atomic E-state index is 10.8. The normalized spacial score (nSPS) is 16.0. The summed E-state index contributed by atoms with van der Waals surface area (Å²) in [5.41, 5.74) is 0. The van der Waals surface area contributed by atoms with Gasteiger partial charge in [-0.25, -0.2) is 0 Å². The first-order valence-electron chi connectivity index (χ1n) is 3.24. The van der Waals surface area contributed by atoms with Crippen LogP contribution in [0.15, 0.2) is 0 Å². The summed E-state index contributed by atoms with van der Waals surface area (Å²) in [6, 6.07) is 0. The van der Waals surface area contributed by atoms with E-state index in [4.69, 9.17) is 4.74 Å². The number of esters is 1. The van der Waals surface area contributed by atoms with Gasteiger partial charge < -0.3 is 9.47 Å². The SMILES string of the molecule is COC(=O)[C@H](C)[C@@H](C)OC. The zero-order valence-corrected chi connectivity index (χ0v) is 6.88. The van der Waals surface area contributed by atoms with Gasteiger partial charge in [0, 0.05) is 7.11 Å². The number of hydrogen-bond donors (Lipinski definition) is 0. The second kappa shape index (κ2) is 4.28. The van der Waals surface area contributed by atoms with E-state index < -0.39 is 0 Å². The summed E-state index contributed by atoms with van der Waals surface area (Å²) in [6.45, 7) is 3.61. The van der Waals surface area contributed by atoms with E-state index in [-0.39, 0.29) is 18.0 Å². The molecular formula is C7H14O3. The molecule has 0 aromatic rings. The zero-order chi connectivity index (χ0) is 8.15. The Morgan fingerprint density at radius 1 is 1.30 bits per heavy atom. The van der Waals surface area contributed by atoms with Gasteiger partial charge in [-0.1, -0.05) is 0 Å². The minimum atomic E-state index is -0.227. The molecule has 0 amide bonds. The molecule has 0 saturated heterocycles. The van der Waals surface area contributed by atoms with Crippen LogP contribution in [-0.4, -0.2) is 26.3 Å². The van der Waals surface area contributed by atoms with E-state index in [0.29, 0.717) is 0 Å². The number of rotatable bonds is 3. The number of hydrogen-bond acceptors (Lipinski definition) is 3.